The van der Waals surface area contributed by atoms with E-state index in [2.05, 4.69) is 26.1 Å². The zero-order chi connectivity index (χ0) is 13.4. The molecule has 0 bridgehead atoms. The molecule has 2 fully saturated rings. The number of piperazine rings is 1. The van der Waals surface area contributed by atoms with Crippen LogP contribution in [0.4, 0.5) is 9.18 Å². The average molecular weight is 328 g/mol. The van der Waals surface area contributed by atoms with Gasteiger partial charge in [0.1, 0.15) is 5.82 Å². The number of urea groups is 1. The van der Waals surface area contributed by atoms with Crippen LogP contribution in [0.1, 0.15) is 5.56 Å². The lowest BCUT2D eigenvalue weighted by Gasteiger charge is -2.36. The molecule has 0 aromatic heterocycles. The Bertz CT molecular complexity index is 511. The van der Waals surface area contributed by atoms with Crippen LogP contribution in [0.3, 0.4) is 0 Å². The number of fused-ring (bicyclic) bond motifs is 1. The number of nitrogens with one attached hydrogen (secondary N) is 1. The molecule has 0 radical (unpaired) electrons. The van der Waals surface area contributed by atoms with Gasteiger partial charge in [-0.3, -0.25) is 4.90 Å². The maximum Gasteiger partial charge on any atom is 0.317 e. The molecule has 1 atom stereocenters. The summed E-state index contributed by atoms with van der Waals surface area (Å²) in [6, 6.07) is 5.43. The standard InChI is InChI=1S/C13H15BrFN3O/c14-11-5-9(1-2-12(11)15)7-17-3-4-18-10(8-17)6-16-13(18)19/h1-2,5,10H,3-4,6-8H2,(H,16,19). The van der Waals surface area contributed by atoms with Crippen LogP contribution in [0.2, 0.25) is 0 Å². The molecule has 0 spiro atoms. The third-order valence-electron chi connectivity index (χ3n) is 3.71. The molecule has 2 amide bonds. The number of rotatable bonds is 2. The lowest BCUT2D eigenvalue weighted by atomic mass is 10.1. The predicted octanol–water partition coefficient (Wildman–Crippen LogP) is 1.80. The quantitative estimate of drug-likeness (QED) is 0.899. The number of carbonyl (C=O) groups is 1. The summed E-state index contributed by atoms with van der Waals surface area (Å²) in [5.41, 5.74) is 1.08. The smallest absolute Gasteiger partial charge is 0.317 e. The van der Waals surface area contributed by atoms with Gasteiger partial charge < -0.3 is 10.2 Å². The van der Waals surface area contributed by atoms with Gasteiger partial charge in [-0.05, 0) is 33.6 Å². The summed E-state index contributed by atoms with van der Waals surface area (Å²) in [5, 5.41) is 2.87. The highest BCUT2D eigenvalue weighted by atomic mass is 79.9. The molecule has 102 valence electrons. The van der Waals surface area contributed by atoms with Crippen molar-refractivity contribution in [2.75, 3.05) is 26.2 Å². The van der Waals surface area contributed by atoms with Crippen LogP contribution < -0.4 is 5.32 Å². The molecule has 2 aliphatic heterocycles. The molecule has 1 aromatic rings. The molecule has 1 unspecified atom stereocenters. The second-order valence-corrected chi connectivity index (χ2v) is 5.87. The Labute approximate surface area is 119 Å². The molecule has 2 heterocycles. The van der Waals surface area contributed by atoms with E-state index in [1.807, 2.05) is 17.0 Å². The van der Waals surface area contributed by atoms with Gasteiger partial charge >= 0.3 is 6.03 Å². The molecular formula is C13H15BrFN3O. The van der Waals surface area contributed by atoms with Crippen molar-refractivity contribution in [2.45, 2.75) is 12.6 Å². The van der Waals surface area contributed by atoms with E-state index in [4.69, 9.17) is 0 Å². The summed E-state index contributed by atoms with van der Waals surface area (Å²) in [4.78, 5) is 15.7. The van der Waals surface area contributed by atoms with E-state index in [0.29, 0.717) is 4.47 Å². The van der Waals surface area contributed by atoms with Gasteiger partial charge in [-0.1, -0.05) is 6.07 Å². The van der Waals surface area contributed by atoms with E-state index in [1.165, 1.54) is 6.07 Å². The van der Waals surface area contributed by atoms with Crippen molar-refractivity contribution in [3.05, 3.63) is 34.1 Å². The number of benzene rings is 1. The SMILES string of the molecule is O=C1NCC2CN(Cc3ccc(F)c(Br)c3)CCN12. The first kappa shape index (κ1) is 12.9. The number of carbonyl (C=O) groups excluding carboxylic acids is 1. The first-order valence-corrected chi connectivity index (χ1v) is 7.13. The zero-order valence-corrected chi connectivity index (χ0v) is 12.0. The molecule has 0 aliphatic carbocycles. The van der Waals surface area contributed by atoms with E-state index in [0.717, 1.165) is 38.3 Å². The molecular weight excluding hydrogens is 313 g/mol. The highest BCUT2D eigenvalue weighted by molar-refractivity contribution is 9.10. The van der Waals surface area contributed by atoms with E-state index in [1.54, 1.807) is 0 Å². The van der Waals surface area contributed by atoms with Crippen molar-refractivity contribution >= 4 is 22.0 Å². The fourth-order valence-electron chi connectivity index (χ4n) is 2.71. The minimum atomic E-state index is -0.237. The molecule has 0 saturated carbocycles. The van der Waals surface area contributed by atoms with Crippen LogP contribution in [0, 0.1) is 5.82 Å². The van der Waals surface area contributed by atoms with Crippen molar-refractivity contribution in [1.29, 1.82) is 0 Å². The van der Waals surface area contributed by atoms with Crippen LogP contribution >= 0.6 is 15.9 Å². The summed E-state index contributed by atoms with van der Waals surface area (Å²) >= 11 is 3.21. The Morgan fingerprint density at radius 2 is 2.26 bits per heavy atom. The second kappa shape index (κ2) is 5.09. The Hall–Kier alpha value is -1.14. The van der Waals surface area contributed by atoms with Crippen molar-refractivity contribution < 1.29 is 9.18 Å². The second-order valence-electron chi connectivity index (χ2n) is 5.02. The van der Waals surface area contributed by atoms with Crippen LogP contribution in [-0.4, -0.2) is 48.1 Å². The van der Waals surface area contributed by atoms with E-state index < -0.39 is 0 Å². The van der Waals surface area contributed by atoms with Crippen LogP contribution in [0.5, 0.6) is 0 Å². The van der Waals surface area contributed by atoms with Gasteiger partial charge in [0, 0.05) is 32.7 Å². The summed E-state index contributed by atoms with van der Waals surface area (Å²) in [5.74, 6) is -0.237. The van der Waals surface area contributed by atoms with Gasteiger partial charge in [0.25, 0.3) is 0 Å². The third kappa shape index (κ3) is 2.60. The molecule has 1 aromatic carbocycles. The van der Waals surface area contributed by atoms with Gasteiger partial charge in [-0.2, -0.15) is 0 Å². The maximum absolute atomic E-state index is 13.2. The van der Waals surface area contributed by atoms with Gasteiger partial charge in [0.15, 0.2) is 0 Å². The lowest BCUT2D eigenvalue weighted by Crippen LogP contribution is -2.51. The van der Waals surface area contributed by atoms with Crippen molar-refractivity contribution in [1.82, 2.24) is 15.1 Å². The summed E-state index contributed by atoms with van der Waals surface area (Å²) in [6.45, 7) is 4.01. The zero-order valence-electron chi connectivity index (χ0n) is 10.4. The van der Waals surface area contributed by atoms with E-state index in [9.17, 15) is 9.18 Å². The molecule has 19 heavy (non-hydrogen) atoms. The Morgan fingerprint density at radius 1 is 1.42 bits per heavy atom. The molecule has 2 aliphatic rings. The first-order chi connectivity index (χ1) is 9.13. The van der Waals surface area contributed by atoms with Crippen molar-refractivity contribution in [3.63, 3.8) is 0 Å². The minimum Gasteiger partial charge on any atom is -0.336 e. The number of halogens is 2. The Morgan fingerprint density at radius 3 is 3.05 bits per heavy atom. The van der Waals surface area contributed by atoms with Gasteiger partial charge in [-0.25, -0.2) is 9.18 Å². The number of hydrogen-bond donors (Lipinski definition) is 1. The molecule has 6 heteroatoms. The average Bonchev–Trinajstić information content (AvgIpc) is 2.75. The monoisotopic (exact) mass is 327 g/mol. The highest BCUT2D eigenvalue weighted by Gasteiger charge is 2.35. The Balaban J connectivity index is 1.65. The topological polar surface area (TPSA) is 35.6 Å². The van der Waals surface area contributed by atoms with Crippen molar-refractivity contribution in [3.8, 4) is 0 Å². The van der Waals surface area contributed by atoms with E-state index >= 15 is 0 Å². The summed E-state index contributed by atoms with van der Waals surface area (Å²) in [7, 11) is 0. The highest BCUT2D eigenvalue weighted by Crippen LogP contribution is 2.20. The largest absolute Gasteiger partial charge is 0.336 e. The third-order valence-corrected chi connectivity index (χ3v) is 4.31. The molecule has 4 nitrogen and oxygen atoms in total. The summed E-state index contributed by atoms with van der Waals surface area (Å²) < 4.78 is 13.7. The summed E-state index contributed by atoms with van der Waals surface area (Å²) in [6.07, 6.45) is 0. The fraction of sp³-hybridized carbons (Fsp3) is 0.462. The van der Waals surface area contributed by atoms with Gasteiger partial charge in [-0.15, -0.1) is 0 Å². The molecule has 1 N–H and O–H groups in total. The van der Waals surface area contributed by atoms with Crippen molar-refractivity contribution in [2.24, 2.45) is 0 Å². The minimum absolute atomic E-state index is 0.0502. The number of amides is 2. The maximum atomic E-state index is 13.2. The Kier molecular flexibility index (Phi) is 3.45. The lowest BCUT2D eigenvalue weighted by molar-refractivity contribution is 0.116. The van der Waals surface area contributed by atoms with E-state index in [-0.39, 0.29) is 17.9 Å². The number of nitrogens with zero attached hydrogens (tertiary/aromatic N) is 2. The van der Waals surface area contributed by atoms with Crippen LogP contribution in [-0.2, 0) is 6.54 Å². The fourth-order valence-corrected chi connectivity index (χ4v) is 3.13. The molecule has 2 saturated heterocycles. The normalized spacial score (nSPS) is 23.4. The van der Waals surface area contributed by atoms with Crippen LogP contribution in [0.15, 0.2) is 22.7 Å². The molecule has 3 rings (SSSR count). The number of hydrogen-bond acceptors (Lipinski definition) is 2. The van der Waals surface area contributed by atoms with Gasteiger partial charge in [0.2, 0.25) is 0 Å². The van der Waals surface area contributed by atoms with Gasteiger partial charge in [0.05, 0.1) is 10.5 Å². The predicted molar refractivity (Wildman–Crippen MR) is 73.3 cm³/mol. The van der Waals surface area contributed by atoms with Crippen LogP contribution in [0.25, 0.3) is 0 Å². The first-order valence-electron chi connectivity index (χ1n) is 6.34.